The summed E-state index contributed by atoms with van der Waals surface area (Å²) in [5, 5.41) is 3.21. The molecule has 0 unspecified atom stereocenters. The minimum Gasteiger partial charge on any atom is -0.454 e. The van der Waals surface area contributed by atoms with Crippen LogP contribution < -0.4 is 5.32 Å². The largest absolute Gasteiger partial charge is 0.454 e. The molecule has 0 aromatic carbocycles. The Bertz CT molecular complexity index is 200. The van der Waals surface area contributed by atoms with Gasteiger partial charge >= 0.3 is 5.97 Å². The first-order valence-corrected chi connectivity index (χ1v) is 5.03. The second-order valence-electron chi connectivity index (χ2n) is 3.15. The first-order chi connectivity index (χ1) is 6.22. The van der Waals surface area contributed by atoms with Crippen LogP contribution in [0, 0.1) is 0 Å². The van der Waals surface area contributed by atoms with Crippen LogP contribution in [-0.2, 0) is 9.53 Å². The molecular formula is C9H15NO2S. The van der Waals surface area contributed by atoms with Crippen LogP contribution in [-0.4, -0.2) is 30.4 Å². The van der Waals surface area contributed by atoms with Crippen molar-refractivity contribution in [1.82, 2.24) is 5.32 Å². The van der Waals surface area contributed by atoms with E-state index in [9.17, 15) is 4.79 Å². The van der Waals surface area contributed by atoms with Crippen molar-refractivity contribution in [1.29, 1.82) is 0 Å². The summed E-state index contributed by atoms with van der Waals surface area (Å²) in [5.41, 5.74) is -0.453. The molecule has 0 aliphatic carbocycles. The molecule has 0 aromatic heterocycles. The number of esters is 1. The van der Waals surface area contributed by atoms with Crippen LogP contribution in [0.2, 0.25) is 0 Å². The number of nitrogens with one attached hydrogen (secondary N) is 1. The summed E-state index contributed by atoms with van der Waals surface area (Å²) in [4.78, 5) is 11.1. The fraction of sp³-hybridized carbons (Fsp3) is 0.667. The third-order valence-corrected chi connectivity index (χ3v) is 2.53. The minimum atomic E-state index is -0.453. The van der Waals surface area contributed by atoms with Crippen LogP contribution in [0.1, 0.15) is 12.8 Å². The van der Waals surface area contributed by atoms with E-state index in [1.54, 1.807) is 6.08 Å². The highest BCUT2D eigenvalue weighted by molar-refractivity contribution is 7.81. The summed E-state index contributed by atoms with van der Waals surface area (Å²) in [7, 11) is 0. The summed E-state index contributed by atoms with van der Waals surface area (Å²) in [6.07, 6.45) is 3.33. The maximum absolute atomic E-state index is 11.1. The molecule has 0 spiro atoms. The van der Waals surface area contributed by atoms with Crippen LogP contribution in [0.4, 0.5) is 0 Å². The van der Waals surface area contributed by atoms with E-state index >= 15 is 0 Å². The highest BCUT2D eigenvalue weighted by atomic mass is 32.1. The molecule has 1 rings (SSSR count). The average Bonchev–Trinajstić information content (AvgIpc) is 2.19. The van der Waals surface area contributed by atoms with Crippen LogP contribution in [0.3, 0.4) is 0 Å². The monoisotopic (exact) mass is 201 g/mol. The van der Waals surface area contributed by atoms with Gasteiger partial charge in [-0.3, -0.25) is 4.79 Å². The molecule has 4 heteroatoms. The molecule has 0 radical (unpaired) electrons. The van der Waals surface area contributed by atoms with E-state index in [1.165, 1.54) is 0 Å². The normalized spacial score (nSPS) is 20.7. The number of thiol groups is 1. The lowest BCUT2D eigenvalue weighted by atomic mass is 9.92. The molecular weight excluding hydrogens is 186 g/mol. The first-order valence-electron chi connectivity index (χ1n) is 4.39. The number of hydrogen-bond acceptors (Lipinski definition) is 4. The Hall–Kier alpha value is -0.480. The summed E-state index contributed by atoms with van der Waals surface area (Å²) in [5.74, 6) is -0.145. The van der Waals surface area contributed by atoms with Crippen molar-refractivity contribution in [2.75, 3.05) is 18.8 Å². The van der Waals surface area contributed by atoms with E-state index in [-0.39, 0.29) is 11.7 Å². The molecule has 74 valence electrons. The van der Waals surface area contributed by atoms with Gasteiger partial charge in [0.1, 0.15) is 5.60 Å². The number of rotatable bonds is 3. The average molecular weight is 201 g/mol. The Morgan fingerprint density at radius 2 is 2.23 bits per heavy atom. The van der Waals surface area contributed by atoms with Gasteiger partial charge in [0, 0.05) is 12.8 Å². The molecule has 0 aromatic rings. The van der Waals surface area contributed by atoms with Gasteiger partial charge < -0.3 is 10.1 Å². The van der Waals surface area contributed by atoms with Gasteiger partial charge in [-0.25, -0.2) is 0 Å². The summed E-state index contributed by atoms with van der Waals surface area (Å²) in [6, 6.07) is 0. The van der Waals surface area contributed by atoms with Gasteiger partial charge in [-0.2, -0.15) is 12.6 Å². The minimum absolute atomic E-state index is 0.128. The Morgan fingerprint density at radius 3 is 2.69 bits per heavy atom. The number of hydrogen-bond donors (Lipinski definition) is 2. The van der Waals surface area contributed by atoms with Crippen LogP contribution >= 0.6 is 12.6 Å². The Morgan fingerprint density at radius 1 is 1.62 bits per heavy atom. The molecule has 13 heavy (non-hydrogen) atoms. The second-order valence-corrected chi connectivity index (χ2v) is 3.47. The zero-order valence-corrected chi connectivity index (χ0v) is 8.48. The summed E-state index contributed by atoms with van der Waals surface area (Å²) >= 11 is 3.87. The van der Waals surface area contributed by atoms with E-state index < -0.39 is 5.60 Å². The van der Waals surface area contributed by atoms with E-state index in [2.05, 4.69) is 24.5 Å². The molecule has 1 aliphatic heterocycles. The van der Waals surface area contributed by atoms with Crippen molar-refractivity contribution in [3.05, 3.63) is 12.7 Å². The Balaban J connectivity index is 2.57. The smallest absolute Gasteiger partial charge is 0.316 e. The van der Waals surface area contributed by atoms with Crippen molar-refractivity contribution in [3.8, 4) is 0 Å². The number of carbonyl (C=O) groups excluding carboxylic acids is 1. The molecule has 0 bridgehead atoms. The van der Waals surface area contributed by atoms with Gasteiger partial charge in [0.15, 0.2) is 0 Å². The maximum Gasteiger partial charge on any atom is 0.316 e. The lowest BCUT2D eigenvalue weighted by Crippen LogP contribution is -2.43. The van der Waals surface area contributed by atoms with Crippen molar-refractivity contribution in [2.45, 2.75) is 18.4 Å². The summed E-state index contributed by atoms with van der Waals surface area (Å²) < 4.78 is 5.30. The van der Waals surface area contributed by atoms with Gasteiger partial charge in [0.05, 0.1) is 5.75 Å². The molecule has 0 saturated carbocycles. The Kier molecular flexibility index (Phi) is 3.81. The van der Waals surface area contributed by atoms with E-state index in [0.29, 0.717) is 0 Å². The van der Waals surface area contributed by atoms with Gasteiger partial charge in [-0.15, -0.1) is 0 Å². The molecule has 1 aliphatic rings. The number of carbonyl (C=O) groups is 1. The third-order valence-electron chi connectivity index (χ3n) is 2.27. The zero-order chi connectivity index (χ0) is 9.73. The fourth-order valence-electron chi connectivity index (χ4n) is 1.46. The second kappa shape index (κ2) is 4.67. The topological polar surface area (TPSA) is 38.3 Å². The molecule has 3 nitrogen and oxygen atoms in total. The molecule has 0 amide bonds. The first kappa shape index (κ1) is 10.6. The van der Waals surface area contributed by atoms with Gasteiger partial charge in [-0.1, -0.05) is 6.58 Å². The SMILES string of the molecule is C=CC1(OC(=O)CS)CCNCC1. The number of piperidine rings is 1. The van der Waals surface area contributed by atoms with Gasteiger partial charge in [0.25, 0.3) is 0 Å². The summed E-state index contributed by atoms with van der Waals surface area (Å²) in [6.45, 7) is 5.45. The third kappa shape index (κ3) is 2.74. The molecule has 0 atom stereocenters. The quantitative estimate of drug-likeness (QED) is 0.402. The van der Waals surface area contributed by atoms with Crippen LogP contribution in [0.5, 0.6) is 0 Å². The van der Waals surface area contributed by atoms with E-state index in [4.69, 9.17) is 4.74 Å². The van der Waals surface area contributed by atoms with Crippen molar-refractivity contribution < 1.29 is 9.53 Å². The molecule has 1 saturated heterocycles. The van der Waals surface area contributed by atoms with Crippen molar-refractivity contribution in [3.63, 3.8) is 0 Å². The lowest BCUT2D eigenvalue weighted by Gasteiger charge is -2.34. The number of ether oxygens (including phenoxy) is 1. The van der Waals surface area contributed by atoms with E-state index in [0.717, 1.165) is 25.9 Å². The standard InChI is InChI=1S/C9H15NO2S/c1-2-9(12-8(11)7-13)3-5-10-6-4-9/h2,10,13H,1,3-7H2. The van der Waals surface area contributed by atoms with Crippen molar-refractivity contribution >= 4 is 18.6 Å². The lowest BCUT2D eigenvalue weighted by molar-refractivity contribution is -0.153. The fourth-order valence-corrected chi connectivity index (χ4v) is 1.52. The van der Waals surface area contributed by atoms with Crippen molar-refractivity contribution in [2.24, 2.45) is 0 Å². The highest BCUT2D eigenvalue weighted by Crippen LogP contribution is 2.24. The maximum atomic E-state index is 11.1. The zero-order valence-electron chi connectivity index (χ0n) is 7.58. The molecule has 1 N–H and O–H groups in total. The van der Waals surface area contributed by atoms with Gasteiger partial charge in [-0.05, 0) is 19.2 Å². The highest BCUT2D eigenvalue weighted by Gasteiger charge is 2.32. The predicted molar refractivity (Wildman–Crippen MR) is 55.0 cm³/mol. The predicted octanol–water partition coefficient (Wildman–Crippen LogP) is 0.768. The molecule has 1 fully saturated rings. The van der Waals surface area contributed by atoms with Crippen LogP contribution in [0.15, 0.2) is 12.7 Å². The molecule has 1 heterocycles. The van der Waals surface area contributed by atoms with Gasteiger partial charge in [0.2, 0.25) is 0 Å². The van der Waals surface area contributed by atoms with Crippen LogP contribution in [0.25, 0.3) is 0 Å². The Labute approximate surface area is 83.9 Å². The van der Waals surface area contributed by atoms with E-state index in [1.807, 2.05) is 0 Å².